The van der Waals surface area contributed by atoms with Gasteiger partial charge in [-0.15, -0.1) is 0 Å². The highest BCUT2D eigenvalue weighted by atomic mass is 35.5. The zero-order valence-corrected chi connectivity index (χ0v) is 14.6. The number of rotatable bonds is 3. The number of nitrogens with zero attached hydrogens (tertiary/aromatic N) is 3. The fourth-order valence-corrected chi connectivity index (χ4v) is 3.38. The van der Waals surface area contributed by atoms with Crippen LogP contribution in [0, 0.1) is 0 Å². The molecule has 2 aromatic carbocycles. The third kappa shape index (κ3) is 3.04. The Kier molecular flexibility index (Phi) is 4.34. The van der Waals surface area contributed by atoms with Gasteiger partial charge in [-0.25, -0.2) is 0 Å². The smallest absolute Gasteiger partial charge is 0.258 e. The van der Waals surface area contributed by atoms with Crippen LogP contribution in [0.4, 0.5) is 0 Å². The summed E-state index contributed by atoms with van der Waals surface area (Å²) in [6.07, 6.45) is 1.56. The van der Waals surface area contributed by atoms with Gasteiger partial charge in [0.05, 0.1) is 5.56 Å². The average molecular weight is 370 g/mol. The Morgan fingerprint density at radius 3 is 2.88 bits per heavy atom. The summed E-state index contributed by atoms with van der Waals surface area (Å²) < 4.78 is 5.43. The molecule has 1 atom stereocenters. The van der Waals surface area contributed by atoms with Crippen LogP contribution in [0.3, 0.4) is 0 Å². The van der Waals surface area contributed by atoms with E-state index in [1.54, 1.807) is 35.2 Å². The number of halogens is 1. The minimum Gasteiger partial charge on any atom is -0.507 e. The van der Waals surface area contributed by atoms with Gasteiger partial charge in [-0.05, 0) is 37.1 Å². The van der Waals surface area contributed by atoms with Crippen LogP contribution < -0.4 is 0 Å². The predicted octanol–water partition coefficient (Wildman–Crippen LogP) is 4.07. The van der Waals surface area contributed by atoms with Gasteiger partial charge in [-0.2, -0.15) is 4.98 Å². The minimum atomic E-state index is -0.303. The number of amides is 1. The predicted molar refractivity (Wildman–Crippen MR) is 95.9 cm³/mol. The van der Waals surface area contributed by atoms with Crippen molar-refractivity contribution >= 4 is 17.5 Å². The molecule has 0 radical (unpaired) electrons. The van der Waals surface area contributed by atoms with Gasteiger partial charge in [0.15, 0.2) is 0 Å². The van der Waals surface area contributed by atoms with E-state index >= 15 is 0 Å². The molecular formula is C19H16ClN3O3. The number of carbonyl (C=O) groups is 1. The molecule has 6 nitrogen and oxygen atoms in total. The number of hydrogen-bond donors (Lipinski definition) is 1. The summed E-state index contributed by atoms with van der Waals surface area (Å²) in [6, 6.07) is 13.4. The molecule has 1 aliphatic rings. The summed E-state index contributed by atoms with van der Waals surface area (Å²) >= 11 is 6.01. The first-order valence-corrected chi connectivity index (χ1v) is 8.70. The van der Waals surface area contributed by atoms with Crippen molar-refractivity contribution in [1.29, 1.82) is 0 Å². The number of aromatic nitrogens is 2. The minimum absolute atomic E-state index is 0.0340. The second kappa shape index (κ2) is 6.80. The Bertz CT molecular complexity index is 956. The van der Waals surface area contributed by atoms with Gasteiger partial charge in [0.1, 0.15) is 11.8 Å². The molecule has 1 aliphatic heterocycles. The van der Waals surface area contributed by atoms with Gasteiger partial charge >= 0.3 is 0 Å². The molecule has 1 N–H and O–H groups in total. The van der Waals surface area contributed by atoms with Crippen LogP contribution in [0.1, 0.15) is 35.1 Å². The number of carbonyl (C=O) groups excluding carboxylic acids is 1. The summed E-state index contributed by atoms with van der Waals surface area (Å²) in [5.41, 5.74) is 1.03. The summed E-state index contributed by atoms with van der Waals surface area (Å²) in [5.74, 6) is 0.548. The molecule has 1 saturated heterocycles. The largest absolute Gasteiger partial charge is 0.507 e. The normalized spacial score (nSPS) is 16.8. The monoisotopic (exact) mass is 369 g/mol. The van der Waals surface area contributed by atoms with Crippen LogP contribution in [-0.4, -0.2) is 32.6 Å². The second-order valence-corrected chi connectivity index (χ2v) is 6.58. The Morgan fingerprint density at radius 2 is 2.08 bits per heavy atom. The molecular weight excluding hydrogens is 354 g/mol. The number of likely N-dealkylation sites (tertiary alicyclic amines) is 1. The number of aromatic hydroxyl groups is 1. The van der Waals surface area contributed by atoms with Crippen molar-refractivity contribution in [3.63, 3.8) is 0 Å². The molecule has 1 fully saturated rings. The molecule has 26 heavy (non-hydrogen) atoms. The van der Waals surface area contributed by atoms with Crippen molar-refractivity contribution in [1.82, 2.24) is 15.0 Å². The average Bonchev–Trinajstić information content (AvgIpc) is 3.31. The molecule has 0 bridgehead atoms. The van der Waals surface area contributed by atoms with Crippen molar-refractivity contribution in [2.45, 2.75) is 18.9 Å². The summed E-state index contributed by atoms with van der Waals surface area (Å²) in [5, 5.41) is 14.6. The number of para-hydroxylation sites is 1. The van der Waals surface area contributed by atoms with E-state index in [4.69, 9.17) is 16.1 Å². The van der Waals surface area contributed by atoms with Crippen LogP contribution in [0.5, 0.6) is 5.75 Å². The standard InChI is InChI=1S/C19H16ClN3O3/c20-13-6-3-5-12(11-13)17-21-18(26-22-17)15-8-4-10-23(15)19(25)14-7-1-2-9-16(14)24/h1-3,5-7,9,11,15,24H,4,8,10H2. The lowest BCUT2D eigenvalue weighted by Crippen LogP contribution is -2.30. The highest BCUT2D eigenvalue weighted by Crippen LogP contribution is 2.34. The maximum absolute atomic E-state index is 12.8. The van der Waals surface area contributed by atoms with E-state index in [1.807, 2.05) is 12.1 Å². The van der Waals surface area contributed by atoms with Gasteiger partial charge in [0, 0.05) is 17.1 Å². The van der Waals surface area contributed by atoms with Gasteiger partial charge in [0.2, 0.25) is 11.7 Å². The fourth-order valence-electron chi connectivity index (χ4n) is 3.19. The van der Waals surface area contributed by atoms with Crippen LogP contribution in [-0.2, 0) is 0 Å². The number of phenolic OH excluding ortho intramolecular Hbond substituents is 1. The SMILES string of the molecule is O=C(c1ccccc1O)N1CCCC1c1nc(-c2cccc(Cl)c2)no1. The summed E-state index contributed by atoms with van der Waals surface area (Å²) in [4.78, 5) is 19.0. The topological polar surface area (TPSA) is 79.5 Å². The van der Waals surface area contributed by atoms with Crippen LogP contribution in [0.2, 0.25) is 5.02 Å². The molecule has 1 unspecified atom stereocenters. The van der Waals surface area contributed by atoms with E-state index in [-0.39, 0.29) is 23.3 Å². The Balaban J connectivity index is 1.61. The van der Waals surface area contributed by atoms with Crippen molar-refractivity contribution < 1.29 is 14.4 Å². The zero-order valence-electron chi connectivity index (χ0n) is 13.8. The third-order valence-corrected chi connectivity index (χ3v) is 4.69. The molecule has 3 aromatic rings. The van der Waals surface area contributed by atoms with E-state index in [0.29, 0.717) is 23.3 Å². The Morgan fingerprint density at radius 1 is 1.23 bits per heavy atom. The number of benzene rings is 2. The lowest BCUT2D eigenvalue weighted by Gasteiger charge is -2.22. The van der Waals surface area contributed by atoms with Crippen molar-refractivity contribution in [2.24, 2.45) is 0 Å². The molecule has 1 amide bonds. The van der Waals surface area contributed by atoms with Gasteiger partial charge in [-0.3, -0.25) is 4.79 Å². The van der Waals surface area contributed by atoms with E-state index in [1.165, 1.54) is 6.07 Å². The van der Waals surface area contributed by atoms with Crippen molar-refractivity contribution in [3.05, 3.63) is 65.0 Å². The molecule has 0 saturated carbocycles. The highest BCUT2D eigenvalue weighted by Gasteiger charge is 2.35. The highest BCUT2D eigenvalue weighted by molar-refractivity contribution is 6.30. The van der Waals surface area contributed by atoms with E-state index in [2.05, 4.69) is 10.1 Å². The molecule has 4 rings (SSSR count). The van der Waals surface area contributed by atoms with Gasteiger partial charge < -0.3 is 14.5 Å². The molecule has 7 heteroatoms. The quantitative estimate of drug-likeness (QED) is 0.752. The first-order chi connectivity index (χ1) is 12.6. The Hall–Kier alpha value is -2.86. The molecule has 1 aromatic heterocycles. The lowest BCUT2D eigenvalue weighted by atomic mass is 10.1. The van der Waals surface area contributed by atoms with Gasteiger partial charge in [0.25, 0.3) is 5.91 Å². The van der Waals surface area contributed by atoms with E-state index in [9.17, 15) is 9.90 Å². The molecule has 2 heterocycles. The number of hydrogen-bond acceptors (Lipinski definition) is 5. The van der Waals surface area contributed by atoms with Crippen LogP contribution in [0.15, 0.2) is 53.1 Å². The Labute approximate surface area is 155 Å². The first-order valence-electron chi connectivity index (χ1n) is 8.32. The van der Waals surface area contributed by atoms with Crippen molar-refractivity contribution in [2.75, 3.05) is 6.54 Å². The maximum atomic E-state index is 12.8. The first kappa shape index (κ1) is 16.6. The number of phenols is 1. The molecule has 0 aliphatic carbocycles. The summed E-state index contributed by atoms with van der Waals surface area (Å²) in [7, 11) is 0. The van der Waals surface area contributed by atoms with Crippen molar-refractivity contribution in [3.8, 4) is 17.1 Å². The zero-order chi connectivity index (χ0) is 18.1. The third-order valence-electron chi connectivity index (χ3n) is 4.46. The van der Waals surface area contributed by atoms with E-state index < -0.39 is 0 Å². The second-order valence-electron chi connectivity index (χ2n) is 6.14. The van der Waals surface area contributed by atoms with E-state index in [0.717, 1.165) is 18.4 Å². The van der Waals surface area contributed by atoms with Crippen LogP contribution >= 0.6 is 11.6 Å². The van der Waals surface area contributed by atoms with Gasteiger partial charge in [-0.1, -0.05) is 41.0 Å². The molecule has 0 spiro atoms. The fraction of sp³-hybridized carbons (Fsp3) is 0.211. The maximum Gasteiger partial charge on any atom is 0.258 e. The summed E-state index contributed by atoms with van der Waals surface area (Å²) in [6.45, 7) is 0.576. The lowest BCUT2D eigenvalue weighted by molar-refractivity contribution is 0.0707. The molecule has 132 valence electrons. The van der Waals surface area contributed by atoms with Crippen LogP contribution in [0.25, 0.3) is 11.4 Å².